The molecule has 3 nitrogen and oxygen atoms in total. The predicted molar refractivity (Wildman–Crippen MR) is 102 cm³/mol. The molecule has 1 aromatic heterocycles. The first kappa shape index (κ1) is 19.5. The van der Waals surface area contributed by atoms with Crippen LogP contribution in [0.5, 0.6) is 0 Å². The first-order valence-corrected chi connectivity index (χ1v) is 9.68. The largest absolute Gasteiger partial charge is 0.465 e. The summed E-state index contributed by atoms with van der Waals surface area (Å²) in [5.41, 5.74) is 0.412. The van der Waals surface area contributed by atoms with Gasteiger partial charge in [-0.05, 0) is 91.3 Å². The van der Waals surface area contributed by atoms with Gasteiger partial charge in [0.2, 0.25) is 0 Å². The summed E-state index contributed by atoms with van der Waals surface area (Å²) in [7, 11) is 0. The quantitative estimate of drug-likeness (QED) is 0.733. The summed E-state index contributed by atoms with van der Waals surface area (Å²) in [6.45, 7) is 15.4. The van der Waals surface area contributed by atoms with Gasteiger partial charge in [0, 0.05) is 11.1 Å². The summed E-state index contributed by atoms with van der Waals surface area (Å²) in [6, 6.07) is 4.11. The van der Waals surface area contributed by atoms with E-state index in [0.717, 1.165) is 29.9 Å². The number of furan rings is 1. The van der Waals surface area contributed by atoms with Crippen molar-refractivity contribution in [3.05, 3.63) is 23.7 Å². The lowest BCUT2D eigenvalue weighted by Crippen LogP contribution is -2.42. The van der Waals surface area contributed by atoms with Crippen LogP contribution in [0.4, 0.5) is 0 Å². The molecule has 1 aromatic rings. The number of rotatable bonds is 7. The molecule has 1 saturated carbocycles. The van der Waals surface area contributed by atoms with Gasteiger partial charge >= 0.3 is 0 Å². The molecule has 0 aliphatic heterocycles. The Hall–Kier alpha value is -0.800. The highest BCUT2D eigenvalue weighted by atomic mass is 16.3. The maximum atomic E-state index is 5.67. The molecule has 2 N–H and O–H groups in total. The van der Waals surface area contributed by atoms with Crippen LogP contribution in [0.2, 0.25) is 0 Å². The molecule has 24 heavy (non-hydrogen) atoms. The number of hydrogen-bond acceptors (Lipinski definition) is 3. The Kier molecular flexibility index (Phi) is 6.55. The highest BCUT2D eigenvalue weighted by molar-refractivity contribution is 5.05. The number of nitrogens with one attached hydrogen (secondary N) is 2. The van der Waals surface area contributed by atoms with E-state index in [1.807, 2.05) is 13.0 Å². The van der Waals surface area contributed by atoms with Crippen molar-refractivity contribution in [2.45, 2.75) is 91.3 Å². The van der Waals surface area contributed by atoms with Crippen molar-refractivity contribution >= 4 is 0 Å². The average Bonchev–Trinajstić information content (AvgIpc) is 2.89. The van der Waals surface area contributed by atoms with Crippen LogP contribution < -0.4 is 10.6 Å². The molecule has 138 valence electrons. The zero-order valence-electron chi connectivity index (χ0n) is 16.7. The normalized spacial score (nSPS) is 22.8. The maximum absolute atomic E-state index is 5.67. The Morgan fingerprint density at radius 3 is 2.12 bits per heavy atom. The smallest absolute Gasteiger partial charge is 0.117 e. The van der Waals surface area contributed by atoms with Gasteiger partial charge < -0.3 is 15.1 Å². The van der Waals surface area contributed by atoms with E-state index < -0.39 is 0 Å². The molecule has 0 saturated heterocycles. The van der Waals surface area contributed by atoms with Crippen molar-refractivity contribution in [3.63, 3.8) is 0 Å². The summed E-state index contributed by atoms with van der Waals surface area (Å²) >= 11 is 0. The third-order valence-corrected chi connectivity index (χ3v) is 5.22. The van der Waals surface area contributed by atoms with Crippen LogP contribution in [0.25, 0.3) is 0 Å². The molecule has 1 aliphatic rings. The van der Waals surface area contributed by atoms with Crippen LogP contribution in [-0.2, 0) is 6.54 Å². The molecular weight excluding hydrogens is 296 g/mol. The molecule has 0 amide bonds. The summed E-state index contributed by atoms with van der Waals surface area (Å²) < 4.78 is 5.67. The first-order valence-electron chi connectivity index (χ1n) is 9.68. The lowest BCUT2D eigenvalue weighted by Gasteiger charge is -2.36. The summed E-state index contributed by atoms with van der Waals surface area (Å²) in [4.78, 5) is 0. The molecule has 0 radical (unpaired) electrons. The molecule has 0 spiro atoms. The second-order valence-corrected chi connectivity index (χ2v) is 9.47. The van der Waals surface area contributed by atoms with E-state index in [4.69, 9.17) is 4.42 Å². The van der Waals surface area contributed by atoms with E-state index in [1.54, 1.807) is 0 Å². The van der Waals surface area contributed by atoms with E-state index in [0.29, 0.717) is 0 Å². The fourth-order valence-electron chi connectivity index (χ4n) is 3.79. The van der Waals surface area contributed by atoms with Crippen LogP contribution in [0.3, 0.4) is 0 Å². The maximum Gasteiger partial charge on any atom is 0.117 e. The molecule has 1 aliphatic carbocycles. The average molecular weight is 335 g/mol. The van der Waals surface area contributed by atoms with Gasteiger partial charge in [0.25, 0.3) is 0 Å². The van der Waals surface area contributed by atoms with Crippen LogP contribution in [0.15, 0.2) is 16.5 Å². The monoisotopic (exact) mass is 334 g/mol. The van der Waals surface area contributed by atoms with Gasteiger partial charge in [-0.2, -0.15) is 0 Å². The van der Waals surface area contributed by atoms with Crippen molar-refractivity contribution in [1.29, 1.82) is 0 Å². The Labute approximate surface area is 149 Å². The molecular formula is C21H38N2O. The second kappa shape index (κ2) is 8.05. The lowest BCUT2D eigenvalue weighted by atomic mass is 9.76. The Morgan fingerprint density at radius 1 is 0.958 bits per heavy atom. The van der Waals surface area contributed by atoms with Crippen LogP contribution in [0.1, 0.15) is 78.2 Å². The molecule has 2 rings (SSSR count). The number of aryl methyl sites for hydroxylation is 1. The third-order valence-electron chi connectivity index (χ3n) is 5.22. The van der Waals surface area contributed by atoms with Gasteiger partial charge in [0.1, 0.15) is 11.5 Å². The van der Waals surface area contributed by atoms with Crippen molar-refractivity contribution in [1.82, 2.24) is 10.6 Å². The highest BCUT2D eigenvalue weighted by Gasteiger charge is 2.27. The summed E-state index contributed by atoms with van der Waals surface area (Å²) in [5, 5.41) is 7.36. The minimum atomic E-state index is 0.169. The SMILES string of the molecule is Cc1ccc(CNC(C)(C)CC2CCC(CNC(C)(C)C)CC2)o1. The fourth-order valence-corrected chi connectivity index (χ4v) is 3.79. The molecule has 0 bridgehead atoms. The van der Waals surface area contributed by atoms with Crippen molar-refractivity contribution in [3.8, 4) is 0 Å². The molecule has 1 heterocycles. The Balaban J connectivity index is 1.69. The van der Waals surface area contributed by atoms with Crippen molar-refractivity contribution in [2.24, 2.45) is 11.8 Å². The van der Waals surface area contributed by atoms with Gasteiger partial charge in [0.05, 0.1) is 6.54 Å². The lowest BCUT2D eigenvalue weighted by molar-refractivity contribution is 0.200. The van der Waals surface area contributed by atoms with E-state index in [1.165, 1.54) is 38.6 Å². The van der Waals surface area contributed by atoms with Crippen LogP contribution >= 0.6 is 0 Å². The zero-order chi connectivity index (χ0) is 17.8. The minimum absolute atomic E-state index is 0.169. The van der Waals surface area contributed by atoms with E-state index in [9.17, 15) is 0 Å². The number of hydrogen-bond donors (Lipinski definition) is 2. The summed E-state index contributed by atoms with van der Waals surface area (Å²) in [5.74, 6) is 3.75. The zero-order valence-corrected chi connectivity index (χ0v) is 16.7. The van der Waals surface area contributed by atoms with E-state index in [-0.39, 0.29) is 11.1 Å². The van der Waals surface area contributed by atoms with Gasteiger partial charge in [-0.3, -0.25) is 0 Å². The fraction of sp³-hybridized carbons (Fsp3) is 0.810. The topological polar surface area (TPSA) is 37.2 Å². The molecule has 0 atom stereocenters. The van der Waals surface area contributed by atoms with Gasteiger partial charge in [-0.25, -0.2) is 0 Å². The van der Waals surface area contributed by atoms with E-state index in [2.05, 4.69) is 51.3 Å². The summed E-state index contributed by atoms with van der Waals surface area (Å²) in [6.07, 6.45) is 6.76. The first-order chi connectivity index (χ1) is 11.1. The highest BCUT2D eigenvalue weighted by Crippen LogP contribution is 2.33. The molecule has 0 aromatic carbocycles. The Morgan fingerprint density at radius 2 is 1.58 bits per heavy atom. The third kappa shape index (κ3) is 6.98. The molecule has 0 unspecified atom stereocenters. The van der Waals surface area contributed by atoms with E-state index >= 15 is 0 Å². The standard InChI is InChI=1S/C21H38N2O/c1-16-7-12-19(24-16)15-23-21(5,6)13-17-8-10-18(11-9-17)14-22-20(2,3)4/h7,12,17-18,22-23H,8-11,13-15H2,1-6H3. The van der Waals surface area contributed by atoms with Crippen molar-refractivity contribution in [2.75, 3.05) is 6.54 Å². The predicted octanol–water partition coefficient (Wildman–Crippen LogP) is 5.04. The van der Waals surface area contributed by atoms with Gasteiger partial charge in [-0.1, -0.05) is 12.8 Å². The minimum Gasteiger partial charge on any atom is -0.465 e. The van der Waals surface area contributed by atoms with Crippen molar-refractivity contribution < 1.29 is 4.42 Å². The van der Waals surface area contributed by atoms with Crippen LogP contribution in [-0.4, -0.2) is 17.6 Å². The molecule has 1 fully saturated rings. The van der Waals surface area contributed by atoms with Gasteiger partial charge in [0.15, 0.2) is 0 Å². The Bertz CT molecular complexity index is 490. The second-order valence-electron chi connectivity index (χ2n) is 9.47. The van der Waals surface area contributed by atoms with Gasteiger partial charge in [-0.15, -0.1) is 0 Å². The van der Waals surface area contributed by atoms with Crippen LogP contribution in [0, 0.1) is 18.8 Å². The molecule has 3 heteroatoms.